The topological polar surface area (TPSA) is 71.8 Å². The van der Waals surface area contributed by atoms with Crippen LogP contribution in [0.5, 0.6) is 0 Å². The van der Waals surface area contributed by atoms with Crippen LogP contribution in [0, 0.1) is 13.8 Å². The molecule has 29 heavy (non-hydrogen) atoms. The SMILES string of the molecule is CCCc1nnc2n1NC(c1ccccc1)C(C(=O)Nc1ccc(C)cc1C)S2. The van der Waals surface area contributed by atoms with Gasteiger partial charge in [0.1, 0.15) is 5.25 Å². The van der Waals surface area contributed by atoms with E-state index in [4.69, 9.17) is 0 Å². The maximum Gasteiger partial charge on any atom is 0.240 e. The van der Waals surface area contributed by atoms with Crippen molar-refractivity contribution in [1.29, 1.82) is 0 Å². The van der Waals surface area contributed by atoms with Crippen molar-refractivity contribution in [3.05, 3.63) is 71.0 Å². The van der Waals surface area contributed by atoms with Gasteiger partial charge in [0.05, 0.1) is 6.04 Å². The number of hydrogen-bond acceptors (Lipinski definition) is 5. The number of nitrogens with one attached hydrogen (secondary N) is 2. The zero-order valence-electron chi connectivity index (χ0n) is 16.8. The normalized spacial score (nSPS) is 18.0. The average molecular weight is 408 g/mol. The largest absolute Gasteiger partial charge is 0.325 e. The van der Waals surface area contributed by atoms with Gasteiger partial charge in [0.25, 0.3) is 0 Å². The highest BCUT2D eigenvalue weighted by atomic mass is 32.2. The van der Waals surface area contributed by atoms with Crippen LogP contribution in [0.3, 0.4) is 0 Å². The number of benzene rings is 2. The Hall–Kier alpha value is -2.80. The quantitative estimate of drug-likeness (QED) is 0.662. The van der Waals surface area contributed by atoms with Crippen LogP contribution in [0.4, 0.5) is 5.69 Å². The molecule has 2 heterocycles. The number of aromatic nitrogens is 3. The minimum atomic E-state index is -0.371. The molecular formula is C22H25N5OS. The van der Waals surface area contributed by atoms with Crippen LogP contribution in [-0.2, 0) is 11.2 Å². The van der Waals surface area contributed by atoms with E-state index in [0.29, 0.717) is 0 Å². The van der Waals surface area contributed by atoms with Crippen LogP contribution in [0.15, 0.2) is 53.7 Å². The standard InChI is InChI=1S/C22H25N5OS/c1-4-8-18-24-25-22-27(18)26-19(16-9-6-5-7-10-16)20(29-22)21(28)23-17-12-11-14(2)13-15(17)3/h5-7,9-13,19-20,26H,4,8H2,1-3H3,(H,23,28). The number of nitrogens with zero attached hydrogens (tertiary/aromatic N) is 3. The van der Waals surface area contributed by atoms with Crippen molar-refractivity contribution in [3.8, 4) is 0 Å². The lowest BCUT2D eigenvalue weighted by molar-refractivity contribution is -0.116. The van der Waals surface area contributed by atoms with Crippen molar-refractivity contribution in [1.82, 2.24) is 14.9 Å². The Morgan fingerprint density at radius 3 is 2.69 bits per heavy atom. The molecule has 1 aromatic heterocycles. The van der Waals surface area contributed by atoms with Crippen LogP contribution in [0.25, 0.3) is 0 Å². The third kappa shape index (κ3) is 4.00. The summed E-state index contributed by atoms with van der Waals surface area (Å²) in [5.41, 5.74) is 7.62. The van der Waals surface area contributed by atoms with E-state index in [9.17, 15) is 4.79 Å². The number of thioether (sulfide) groups is 1. The van der Waals surface area contributed by atoms with Gasteiger partial charge in [-0.1, -0.05) is 66.7 Å². The number of fused-ring (bicyclic) bond motifs is 1. The fourth-order valence-corrected chi connectivity index (χ4v) is 4.65. The summed E-state index contributed by atoms with van der Waals surface area (Å²) >= 11 is 1.46. The number of carbonyl (C=O) groups excluding carboxylic acids is 1. The van der Waals surface area contributed by atoms with Gasteiger partial charge < -0.3 is 10.7 Å². The molecule has 2 unspecified atom stereocenters. The smallest absolute Gasteiger partial charge is 0.240 e. The van der Waals surface area contributed by atoms with E-state index < -0.39 is 0 Å². The molecule has 4 rings (SSSR count). The lowest BCUT2D eigenvalue weighted by atomic mass is 10.0. The number of aryl methyl sites for hydroxylation is 3. The van der Waals surface area contributed by atoms with Gasteiger partial charge in [-0.15, -0.1) is 10.2 Å². The fourth-order valence-electron chi connectivity index (χ4n) is 3.55. The number of amides is 1. The highest BCUT2D eigenvalue weighted by Gasteiger charge is 2.37. The maximum atomic E-state index is 13.3. The molecule has 6 nitrogen and oxygen atoms in total. The van der Waals surface area contributed by atoms with Gasteiger partial charge in [0.2, 0.25) is 11.1 Å². The number of hydrogen-bond donors (Lipinski definition) is 2. The van der Waals surface area contributed by atoms with E-state index in [1.54, 1.807) is 0 Å². The molecule has 2 atom stereocenters. The molecule has 1 aliphatic rings. The van der Waals surface area contributed by atoms with Crippen molar-refractivity contribution in [3.63, 3.8) is 0 Å². The summed E-state index contributed by atoms with van der Waals surface area (Å²) in [6, 6.07) is 15.9. The highest BCUT2D eigenvalue weighted by molar-refractivity contribution is 8.00. The summed E-state index contributed by atoms with van der Waals surface area (Å²) in [7, 11) is 0. The first-order valence-electron chi connectivity index (χ1n) is 9.87. The minimum Gasteiger partial charge on any atom is -0.325 e. The lowest BCUT2D eigenvalue weighted by Gasteiger charge is -2.33. The van der Waals surface area contributed by atoms with Crippen molar-refractivity contribution < 1.29 is 4.79 Å². The summed E-state index contributed by atoms with van der Waals surface area (Å²) in [4.78, 5) is 13.3. The van der Waals surface area contributed by atoms with Crippen molar-refractivity contribution in [2.24, 2.45) is 0 Å². The molecule has 0 bridgehead atoms. The van der Waals surface area contributed by atoms with Gasteiger partial charge in [0.15, 0.2) is 5.82 Å². The molecule has 150 valence electrons. The van der Waals surface area contributed by atoms with Crippen LogP contribution < -0.4 is 10.7 Å². The van der Waals surface area contributed by atoms with E-state index in [-0.39, 0.29) is 17.2 Å². The first kappa shape index (κ1) is 19.5. The van der Waals surface area contributed by atoms with Gasteiger partial charge >= 0.3 is 0 Å². The van der Waals surface area contributed by atoms with Gasteiger partial charge in [0, 0.05) is 12.1 Å². The summed E-state index contributed by atoms with van der Waals surface area (Å²) in [5, 5.41) is 12.1. The zero-order valence-corrected chi connectivity index (χ0v) is 17.7. The predicted molar refractivity (Wildman–Crippen MR) is 117 cm³/mol. The Balaban J connectivity index is 1.66. The fraction of sp³-hybridized carbons (Fsp3) is 0.318. The predicted octanol–water partition coefficient (Wildman–Crippen LogP) is 4.25. The Morgan fingerprint density at radius 2 is 1.97 bits per heavy atom. The van der Waals surface area contributed by atoms with E-state index in [1.807, 2.05) is 61.0 Å². The average Bonchev–Trinajstić information content (AvgIpc) is 3.12. The molecule has 2 N–H and O–H groups in total. The van der Waals surface area contributed by atoms with Crippen LogP contribution in [0.1, 0.15) is 41.9 Å². The molecular weight excluding hydrogens is 382 g/mol. The third-order valence-corrected chi connectivity index (χ3v) is 6.25. The monoisotopic (exact) mass is 407 g/mol. The van der Waals surface area contributed by atoms with Crippen molar-refractivity contribution in [2.45, 2.75) is 50.1 Å². The molecule has 2 aromatic carbocycles. The third-order valence-electron chi connectivity index (χ3n) is 5.03. The molecule has 0 saturated carbocycles. The second-order valence-electron chi connectivity index (χ2n) is 7.35. The molecule has 0 spiro atoms. The Labute approximate surface area is 175 Å². The lowest BCUT2D eigenvalue weighted by Crippen LogP contribution is -2.41. The Morgan fingerprint density at radius 1 is 1.17 bits per heavy atom. The van der Waals surface area contributed by atoms with Gasteiger partial charge in [-0.3, -0.25) is 4.79 Å². The highest BCUT2D eigenvalue weighted by Crippen LogP contribution is 2.37. The second-order valence-corrected chi connectivity index (χ2v) is 8.46. The summed E-state index contributed by atoms with van der Waals surface area (Å²) < 4.78 is 1.94. The molecule has 0 aliphatic carbocycles. The Kier molecular flexibility index (Phi) is 5.58. The minimum absolute atomic E-state index is 0.0467. The first-order chi connectivity index (χ1) is 14.1. The van der Waals surface area contributed by atoms with Crippen molar-refractivity contribution >= 4 is 23.4 Å². The van der Waals surface area contributed by atoms with Gasteiger partial charge in [-0.05, 0) is 37.5 Å². The van der Waals surface area contributed by atoms with E-state index in [0.717, 1.165) is 40.6 Å². The molecule has 1 aliphatic heterocycles. The molecule has 1 amide bonds. The van der Waals surface area contributed by atoms with E-state index >= 15 is 0 Å². The van der Waals surface area contributed by atoms with Crippen molar-refractivity contribution in [2.75, 3.05) is 10.7 Å². The molecule has 0 saturated heterocycles. The zero-order chi connectivity index (χ0) is 20.4. The van der Waals surface area contributed by atoms with Crippen LogP contribution >= 0.6 is 11.8 Å². The molecule has 7 heteroatoms. The number of carbonyl (C=O) groups is 1. The summed E-state index contributed by atoms with van der Waals surface area (Å²) in [5.74, 6) is 0.846. The second kappa shape index (κ2) is 8.29. The van der Waals surface area contributed by atoms with Gasteiger partial charge in [-0.25, -0.2) is 4.68 Å². The number of anilines is 1. The summed E-state index contributed by atoms with van der Waals surface area (Å²) in [6.07, 6.45) is 1.82. The Bertz CT molecular complexity index is 1020. The molecule has 0 fully saturated rings. The molecule has 0 radical (unpaired) electrons. The first-order valence-corrected chi connectivity index (χ1v) is 10.8. The summed E-state index contributed by atoms with van der Waals surface area (Å²) in [6.45, 7) is 6.18. The van der Waals surface area contributed by atoms with Crippen LogP contribution in [-0.4, -0.2) is 26.0 Å². The van der Waals surface area contributed by atoms with E-state index in [2.05, 4.69) is 33.9 Å². The maximum absolute atomic E-state index is 13.3. The van der Waals surface area contributed by atoms with Crippen LogP contribution in [0.2, 0.25) is 0 Å². The number of rotatable bonds is 5. The van der Waals surface area contributed by atoms with Gasteiger partial charge in [-0.2, -0.15) is 0 Å². The van der Waals surface area contributed by atoms with E-state index in [1.165, 1.54) is 17.3 Å². The molecule has 3 aromatic rings.